The maximum atomic E-state index is 13.8. The van der Waals surface area contributed by atoms with Crippen LogP contribution in [0.5, 0.6) is 11.5 Å². The smallest absolute Gasteiger partial charge is 0.323 e. The maximum absolute atomic E-state index is 13.8. The van der Waals surface area contributed by atoms with Crippen LogP contribution in [-0.4, -0.2) is 50.7 Å². The molecule has 3 aromatic rings. The van der Waals surface area contributed by atoms with E-state index in [9.17, 15) is 9.59 Å². The zero-order valence-electron chi connectivity index (χ0n) is 23.0. The fourth-order valence-corrected chi connectivity index (χ4v) is 4.73. The summed E-state index contributed by atoms with van der Waals surface area (Å²) in [6.45, 7) is 4.96. The SMILES string of the molecule is CCCCN(Cc1ccco1)c1ccc(NC(=O)Nc2cc(OC)cc(OC)c2)cc1C(=O)N1CCCCC1. The van der Waals surface area contributed by atoms with Gasteiger partial charge in [0.25, 0.3) is 5.91 Å². The number of hydrogen-bond donors (Lipinski definition) is 2. The van der Waals surface area contributed by atoms with Gasteiger partial charge in [0.2, 0.25) is 0 Å². The lowest BCUT2D eigenvalue weighted by molar-refractivity contribution is 0.0725. The van der Waals surface area contributed by atoms with Gasteiger partial charge in [0.1, 0.15) is 17.3 Å². The van der Waals surface area contributed by atoms with Crippen molar-refractivity contribution in [2.75, 3.05) is 49.4 Å². The molecule has 1 aromatic heterocycles. The number of furan rings is 1. The molecule has 0 spiro atoms. The predicted octanol–water partition coefficient (Wildman–Crippen LogP) is 6.37. The molecule has 0 aliphatic carbocycles. The minimum Gasteiger partial charge on any atom is -0.497 e. The molecule has 9 heteroatoms. The topological polar surface area (TPSA) is 96.3 Å². The second-order valence-electron chi connectivity index (χ2n) is 9.62. The van der Waals surface area contributed by atoms with Gasteiger partial charge in [-0.3, -0.25) is 4.79 Å². The highest BCUT2D eigenvalue weighted by Gasteiger charge is 2.24. The molecule has 3 amide bonds. The largest absolute Gasteiger partial charge is 0.497 e. The molecule has 0 radical (unpaired) electrons. The molecule has 1 aliphatic heterocycles. The van der Waals surface area contributed by atoms with Gasteiger partial charge in [0.05, 0.1) is 38.3 Å². The van der Waals surface area contributed by atoms with Crippen LogP contribution in [0.15, 0.2) is 59.2 Å². The lowest BCUT2D eigenvalue weighted by Crippen LogP contribution is -2.37. The van der Waals surface area contributed by atoms with E-state index < -0.39 is 6.03 Å². The fourth-order valence-electron chi connectivity index (χ4n) is 4.73. The molecule has 4 rings (SSSR count). The summed E-state index contributed by atoms with van der Waals surface area (Å²) in [5, 5.41) is 5.70. The highest BCUT2D eigenvalue weighted by Crippen LogP contribution is 2.30. The first-order valence-corrected chi connectivity index (χ1v) is 13.5. The van der Waals surface area contributed by atoms with E-state index in [1.54, 1.807) is 44.7 Å². The maximum Gasteiger partial charge on any atom is 0.323 e. The lowest BCUT2D eigenvalue weighted by atomic mass is 10.1. The van der Waals surface area contributed by atoms with Gasteiger partial charge in [-0.2, -0.15) is 0 Å². The monoisotopic (exact) mass is 534 g/mol. The third-order valence-electron chi connectivity index (χ3n) is 6.79. The highest BCUT2D eigenvalue weighted by atomic mass is 16.5. The molecule has 0 saturated carbocycles. The Balaban J connectivity index is 1.61. The van der Waals surface area contributed by atoms with E-state index in [1.165, 1.54) is 0 Å². The Labute approximate surface area is 230 Å². The number of hydrogen-bond acceptors (Lipinski definition) is 6. The van der Waals surface area contributed by atoms with Crippen LogP contribution in [0, 0.1) is 0 Å². The van der Waals surface area contributed by atoms with Crippen molar-refractivity contribution in [2.24, 2.45) is 0 Å². The first-order chi connectivity index (χ1) is 19.0. The van der Waals surface area contributed by atoms with E-state index in [1.807, 2.05) is 29.2 Å². The van der Waals surface area contributed by atoms with E-state index in [2.05, 4.69) is 22.5 Å². The molecule has 2 aromatic carbocycles. The molecule has 0 bridgehead atoms. The summed E-state index contributed by atoms with van der Waals surface area (Å²) in [6.07, 6.45) is 6.80. The van der Waals surface area contributed by atoms with Crippen LogP contribution >= 0.6 is 0 Å². The second kappa shape index (κ2) is 13.6. The summed E-state index contributed by atoms with van der Waals surface area (Å²) < 4.78 is 16.2. The molecule has 2 N–H and O–H groups in total. The lowest BCUT2D eigenvalue weighted by Gasteiger charge is -2.31. The number of rotatable bonds is 11. The van der Waals surface area contributed by atoms with Gasteiger partial charge < -0.3 is 34.3 Å². The highest BCUT2D eigenvalue weighted by molar-refractivity contribution is 6.04. The quantitative estimate of drug-likeness (QED) is 0.297. The van der Waals surface area contributed by atoms with Crippen molar-refractivity contribution in [3.8, 4) is 11.5 Å². The number of methoxy groups -OCH3 is 2. The van der Waals surface area contributed by atoms with Crippen molar-refractivity contribution < 1.29 is 23.5 Å². The fraction of sp³-hybridized carbons (Fsp3) is 0.400. The number of likely N-dealkylation sites (tertiary alicyclic amines) is 1. The van der Waals surface area contributed by atoms with Crippen molar-refractivity contribution >= 4 is 29.0 Å². The van der Waals surface area contributed by atoms with Crippen molar-refractivity contribution in [1.82, 2.24) is 4.90 Å². The first-order valence-electron chi connectivity index (χ1n) is 13.5. The number of carbonyl (C=O) groups is 2. The van der Waals surface area contributed by atoms with Crippen LogP contribution in [-0.2, 0) is 6.54 Å². The molecular weight excluding hydrogens is 496 g/mol. The minimum atomic E-state index is -0.437. The molecule has 1 aliphatic rings. The standard InChI is InChI=1S/C30H38N4O5/c1-4-5-13-34(21-24-10-9-16-39-24)28-12-11-22(19-27(28)29(35)33-14-7-6-8-15-33)31-30(36)32-23-17-25(37-2)20-26(18-23)38-3/h9-12,16-20H,4-8,13-15,21H2,1-3H3,(H2,31,32,36). The van der Waals surface area contributed by atoms with Gasteiger partial charge >= 0.3 is 6.03 Å². The Morgan fingerprint density at radius 1 is 0.949 bits per heavy atom. The van der Waals surface area contributed by atoms with E-state index in [4.69, 9.17) is 13.9 Å². The van der Waals surface area contributed by atoms with Gasteiger partial charge in [-0.05, 0) is 56.0 Å². The van der Waals surface area contributed by atoms with Gasteiger partial charge in [-0.1, -0.05) is 13.3 Å². The number of anilines is 3. The van der Waals surface area contributed by atoms with Gasteiger partial charge in [0.15, 0.2) is 0 Å². The van der Waals surface area contributed by atoms with Crippen molar-refractivity contribution in [1.29, 1.82) is 0 Å². The summed E-state index contributed by atoms with van der Waals surface area (Å²) in [7, 11) is 3.10. The van der Waals surface area contributed by atoms with E-state index in [0.29, 0.717) is 35.0 Å². The molecule has 208 valence electrons. The molecule has 1 saturated heterocycles. The predicted molar refractivity (Wildman–Crippen MR) is 153 cm³/mol. The Kier molecular flexibility index (Phi) is 9.72. The summed E-state index contributed by atoms with van der Waals surface area (Å²) in [4.78, 5) is 30.8. The number of carbonyl (C=O) groups excluding carboxylic acids is 2. The second-order valence-corrected chi connectivity index (χ2v) is 9.62. The molecule has 0 unspecified atom stereocenters. The normalized spacial score (nSPS) is 13.1. The number of amides is 3. The van der Waals surface area contributed by atoms with Crippen molar-refractivity contribution in [3.63, 3.8) is 0 Å². The summed E-state index contributed by atoms with van der Waals surface area (Å²) in [5.41, 5.74) is 2.45. The number of piperidine rings is 1. The number of unbranched alkanes of at least 4 members (excludes halogenated alkanes) is 1. The Morgan fingerprint density at radius 3 is 2.31 bits per heavy atom. The number of urea groups is 1. The van der Waals surface area contributed by atoms with E-state index >= 15 is 0 Å². The first kappa shape index (κ1) is 27.9. The third kappa shape index (κ3) is 7.46. The number of nitrogens with zero attached hydrogens (tertiary/aromatic N) is 2. The molecule has 0 atom stereocenters. The zero-order valence-corrected chi connectivity index (χ0v) is 23.0. The van der Waals surface area contributed by atoms with Crippen LogP contribution in [0.2, 0.25) is 0 Å². The number of ether oxygens (including phenoxy) is 2. The number of nitrogens with one attached hydrogen (secondary N) is 2. The van der Waals surface area contributed by atoms with Crippen LogP contribution in [0.25, 0.3) is 0 Å². The van der Waals surface area contributed by atoms with Gasteiger partial charge in [-0.25, -0.2) is 4.79 Å². The number of benzene rings is 2. The third-order valence-corrected chi connectivity index (χ3v) is 6.79. The summed E-state index contributed by atoms with van der Waals surface area (Å²) in [5.74, 6) is 1.93. The van der Waals surface area contributed by atoms with Gasteiger partial charge in [0, 0.05) is 49.2 Å². The van der Waals surface area contributed by atoms with Crippen molar-refractivity contribution in [2.45, 2.75) is 45.6 Å². The van der Waals surface area contributed by atoms with Crippen LogP contribution in [0.4, 0.5) is 21.9 Å². The molecule has 9 nitrogen and oxygen atoms in total. The zero-order chi connectivity index (χ0) is 27.6. The molecule has 1 fully saturated rings. The average molecular weight is 535 g/mol. The van der Waals surface area contributed by atoms with E-state index in [0.717, 1.165) is 63.2 Å². The molecule has 2 heterocycles. The van der Waals surface area contributed by atoms with E-state index in [-0.39, 0.29) is 5.91 Å². The van der Waals surface area contributed by atoms with Crippen LogP contribution in [0.1, 0.15) is 55.1 Å². The Hall–Kier alpha value is -4.14. The minimum absolute atomic E-state index is 0.0211. The van der Waals surface area contributed by atoms with Crippen LogP contribution < -0.4 is 25.0 Å². The average Bonchev–Trinajstić information content (AvgIpc) is 3.48. The van der Waals surface area contributed by atoms with Crippen LogP contribution in [0.3, 0.4) is 0 Å². The van der Waals surface area contributed by atoms with Crippen molar-refractivity contribution in [3.05, 3.63) is 66.1 Å². The summed E-state index contributed by atoms with van der Waals surface area (Å²) in [6, 6.07) is 14.0. The molecule has 39 heavy (non-hydrogen) atoms. The Bertz CT molecular complexity index is 1220. The van der Waals surface area contributed by atoms with Gasteiger partial charge in [-0.15, -0.1) is 0 Å². The summed E-state index contributed by atoms with van der Waals surface area (Å²) >= 11 is 0. The Morgan fingerprint density at radius 2 is 1.67 bits per heavy atom. The molecular formula is C30H38N4O5.